The van der Waals surface area contributed by atoms with Crippen LogP contribution in [0.15, 0.2) is 24.3 Å². The quantitative estimate of drug-likeness (QED) is 0.806. The summed E-state index contributed by atoms with van der Waals surface area (Å²) in [6.07, 6.45) is 1.91. The lowest BCUT2D eigenvalue weighted by atomic mass is 10.1. The average molecular weight is 297 g/mol. The van der Waals surface area contributed by atoms with E-state index in [0.717, 1.165) is 18.4 Å². The molecular formula is C16H25ClN2O. The van der Waals surface area contributed by atoms with Gasteiger partial charge in [0.25, 0.3) is 0 Å². The van der Waals surface area contributed by atoms with E-state index in [1.54, 1.807) is 0 Å². The van der Waals surface area contributed by atoms with Crippen molar-refractivity contribution in [1.82, 2.24) is 10.6 Å². The van der Waals surface area contributed by atoms with Crippen LogP contribution in [-0.2, 0) is 4.79 Å². The summed E-state index contributed by atoms with van der Waals surface area (Å²) < 4.78 is 0. The molecule has 0 saturated heterocycles. The molecule has 0 aliphatic carbocycles. The van der Waals surface area contributed by atoms with Crippen LogP contribution in [0.3, 0.4) is 0 Å². The molecule has 1 amide bonds. The first-order chi connectivity index (χ1) is 9.47. The zero-order chi connectivity index (χ0) is 15.1. The highest BCUT2D eigenvalue weighted by Gasteiger charge is 2.18. The van der Waals surface area contributed by atoms with Gasteiger partial charge in [0.2, 0.25) is 5.91 Å². The molecule has 0 fully saturated rings. The van der Waals surface area contributed by atoms with E-state index in [-0.39, 0.29) is 24.0 Å². The van der Waals surface area contributed by atoms with Crippen LogP contribution in [-0.4, -0.2) is 18.0 Å². The van der Waals surface area contributed by atoms with E-state index in [4.69, 9.17) is 11.6 Å². The van der Waals surface area contributed by atoms with Crippen molar-refractivity contribution in [3.63, 3.8) is 0 Å². The van der Waals surface area contributed by atoms with Gasteiger partial charge in [-0.3, -0.25) is 10.1 Å². The fourth-order valence-electron chi connectivity index (χ4n) is 2.14. The van der Waals surface area contributed by atoms with Gasteiger partial charge in [-0.2, -0.15) is 0 Å². The molecule has 112 valence electrons. The zero-order valence-corrected chi connectivity index (χ0v) is 13.5. The highest BCUT2D eigenvalue weighted by atomic mass is 35.5. The molecule has 0 heterocycles. The summed E-state index contributed by atoms with van der Waals surface area (Å²) in [7, 11) is 0. The molecule has 0 radical (unpaired) electrons. The van der Waals surface area contributed by atoms with Crippen molar-refractivity contribution in [3.05, 3.63) is 34.9 Å². The van der Waals surface area contributed by atoms with Gasteiger partial charge in [0, 0.05) is 17.1 Å². The average Bonchev–Trinajstić information content (AvgIpc) is 2.44. The van der Waals surface area contributed by atoms with Gasteiger partial charge in [0.1, 0.15) is 0 Å². The predicted octanol–water partition coefficient (Wildman–Crippen LogP) is 3.68. The number of halogens is 1. The van der Waals surface area contributed by atoms with E-state index in [1.807, 2.05) is 38.1 Å². The lowest BCUT2D eigenvalue weighted by molar-refractivity contribution is -0.123. The first-order valence-corrected chi connectivity index (χ1v) is 7.67. The highest BCUT2D eigenvalue weighted by Crippen LogP contribution is 2.17. The fourth-order valence-corrected chi connectivity index (χ4v) is 2.34. The first kappa shape index (κ1) is 17.0. The van der Waals surface area contributed by atoms with Crippen LogP contribution in [0.5, 0.6) is 0 Å². The van der Waals surface area contributed by atoms with Crippen LogP contribution in [0, 0.1) is 0 Å². The Labute approximate surface area is 127 Å². The van der Waals surface area contributed by atoms with Gasteiger partial charge < -0.3 is 5.32 Å². The predicted molar refractivity (Wildman–Crippen MR) is 85.0 cm³/mol. The lowest BCUT2D eigenvalue weighted by Crippen LogP contribution is -2.46. The molecule has 1 rings (SSSR count). The Hall–Kier alpha value is -1.06. The molecule has 20 heavy (non-hydrogen) atoms. The molecule has 0 aliphatic rings. The molecule has 2 atom stereocenters. The van der Waals surface area contributed by atoms with Gasteiger partial charge >= 0.3 is 0 Å². The van der Waals surface area contributed by atoms with E-state index in [0.29, 0.717) is 5.02 Å². The van der Waals surface area contributed by atoms with Crippen LogP contribution in [0.1, 0.15) is 52.1 Å². The molecule has 1 aromatic carbocycles. The van der Waals surface area contributed by atoms with Crippen LogP contribution < -0.4 is 10.6 Å². The van der Waals surface area contributed by atoms with Gasteiger partial charge in [-0.1, -0.05) is 37.6 Å². The maximum absolute atomic E-state index is 12.1. The van der Waals surface area contributed by atoms with Gasteiger partial charge in [-0.15, -0.1) is 0 Å². The molecule has 2 N–H and O–H groups in total. The molecule has 0 aromatic heterocycles. The van der Waals surface area contributed by atoms with Crippen LogP contribution in [0.2, 0.25) is 5.02 Å². The number of hydrogen-bond donors (Lipinski definition) is 2. The SMILES string of the molecule is CCC(CC)NC(=O)C(C)NC(C)c1cccc(Cl)c1. The van der Waals surface area contributed by atoms with Gasteiger partial charge in [-0.25, -0.2) is 0 Å². The number of benzene rings is 1. The van der Waals surface area contributed by atoms with Crippen LogP contribution >= 0.6 is 11.6 Å². The number of nitrogens with one attached hydrogen (secondary N) is 2. The Bertz CT molecular complexity index is 432. The van der Waals surface area contributed by atoms with Crippen LogP contribution in [0.4, 0.5) is 0 Å². The van der Waals surface area contributed by atoms with Gasteiger partial charge in [0.05, 0.1) is 6.04 Å². The van der Waals surface area contributed by atoms with E-state index < -0.39 is 0 Å². The van der Waals surface area contributed by atoms with Crippen molar-refractivity contribution in [2.24, 2.45) is 0 Å². The summed E-state index contributed by atoms with van der Waals surface area (Å²) in [4.78, 5) is 12.1. The number of hydrogen-bond acceptors (Lipinski definition) is 2. The molecule has 2 unspecified atom stereocenters. The minimum absolute atomic E-state index is 0.0487. The molecule has 4 heteroatoms. The molecule has 0 aliphatic heterocycles. The van der Waals surface area contributed by atoms with Crippen molar-refractivity contribution >= 4 is 17.5 Å². The summed E-state index contributed by atoms with van der Waals surface area (Å²) in [6.45, 7) is 8.09. The Morgan fingerprint density at radius 3 is 2.45 bits per heavy atom. The Morgan fingerprint density at radius 2 is 1.90 bits per heavy atom. The summed E-state index contributed by atoms with van der Waals surface area (Å²) in [5, 5.41) is 7.08. The van der Waals surface area contributed by atoms with E-state index in [1.165, 1.54) is 0 Å². The zero-order valence-electron chi connectivity index (χ0n) is 12.7. The fraction of sp³-hybridized carbons (Fsp3) is 0.562. The van der Waals surface area contributed by atoms with Crippen molar-refractivity contribution in [2.75, 3.05) is 0 Å². The molecule has 1 aromatic rings. The van der Waals surface area contributed by atoms with Crippen molar-refractivity contribution in [1.29, 1.82) is 0 Å². The van der Waals surface area contributed by atoms with Crippen molar-refractivity contribution < 1.29 is 4.79 Å². The molecule has 3 nitrogen and oxygen atoms in total. The van der Waals surface area contributed by atoms with Crippen molar-refractivity contribution in [3.8, 4) is 0 Å². The number of rotatable bonds is 7. The minimum Gasteiger partial charge on any atom is -0.352 e. The molecular weight excluding hydrogens is 272 g/mol. The Kier molecular flexibility index (Phi) is 7.03. The maximum Gasteiger partial charge on any atom is 0.237 e. The summed E-state index contributed by atoms with van der Waals surface area (Å²) in [5.74, 6) is 0.0487. The Balaban J connectivity index is 2.56. The maximum atomic E-state index is 12.1. The second-order valence-corrected chi connectivity index (χ2v) is 5.62. The largest absolute Gasteiger partial charge is 0.352 e. The first-order valence-electron chi connectivity index (χ1n) is 7.29. The van der Waals surface area contributed by atoms with Gasteiger partial charge in [-0.05, 0) is 44.4 Å². The van der Waals surface area contributed by atoms with Crippen LogP contribution in [0.25, 0.3) is 0 Å². The molecule has 0 spiro atoms. The van der Waals surface area contributed by atoms with Gasteiger partial charge in [0.15, 0.2) is 0 Å². The van der Waals surface area contributed by atoms with Crippen molar-refractivity contribution in [2.45, 2.75) is 58.7 Å². The minimum atomic E-state index is -0.232. The van der Waals surface area contributed by atoms with E-state index in [9.17, 15) is 4.79 Å². The Morgan fingerprint density at radius 1 is 1.25 bits per heavy atom. The monoisotopic (exact) mass is 296 g/mol. The summed E-state index contributed by atoms with van der Waals surface area (Å²) in [6, 6.07) is 7.81. The summed E-state index contributed by atoms with van der Waals surface area (Å²) >= 11 is 5.99. The third-order valence-corrected chi connectivity index (χ3v) is 3.81. The van der Waals surface area contributed by atoms with E-state index in [2.05, 4.69) is 24.5 Å². The number of carbonyl (C=O) groups excluding carboxylic acids is 1. The second kappa shape index (κ2) is 8.28. The lowest BCUT2D eigenvalue weighted by Gasteiger charge is -2.22. The molecule has 0 saturated carbocycles. The number of carbonyl (C=O) groups is 1. The third-order valence-electron chi connectivity index (χ3n) is 3.57. The molecule has 0 bridgehead atoms. The summed E-state index contributed by atoms with van der Waals surface area (Å²) in [5.41, 5.74) is 1.08. The third kappa shape index (κ3) is 5.14. The van der Waals surface area contributed by atoms with E-state index >= 15 is 0 Å². The topological polar surface area (TPSA) is 41.1 Å². The normalized spacial score (nSPS) is 14.1. The standard InChI is InChI=1S/C16H25ClN2O/c1-5-15(6-2)19-16(20)12(4)18-11(3)13-8-7-9-14(17)10-13/h7-12,15,18H,5-6H2,1-4H3,(H,19,20). The number of amides is 1. The second-order valence-electron chi connectivity index (χ2n) is 5.19. The smallest absolute Gasteiger partial charge is 0.237 e. The highest BCUT2D eigenvalue weighted by molar-refractivity contribution is 6.30.